The maximum Gasteiger partial charge on any atom is 0.161 e. The van der Waals surface area contributed by atoms with Crippen LogP contribution in [-0.2, 0) is 0 Å². The highest BCUT2D eigenvalue weighted by Crippen LogP contribution is 2.25. The van der Waals surface area contributed by atoms with Gasteiger partial charge in [-0.2, -0.15) is 0 Å². The summed E-state index contributed by atoms with van der Waals surface area (Å²) in [5, 5.41) is 3.26. The van der Waals surface area contributed by atoms with Crippen LogP contribution >= 0.6 is 11.6 Å². The summed E-state index contributed by atoms with van der Waals surface area (Å²) in [5.74, 6) is 1.16. The minimum absolute atomic E-state index is 0.0750. The summed E-state index contributed by atoms with van der Waals surface area (Å²) in [7, 11) is 0. The molecule has 1 aromatic heterocycles. The molecule has 2 rings (SSSR count). The molecule has 0 aliphatic rings. The van der Waals surface area contributed by atoms with Gasteiger partial charge >= 0.3 is 0 Å². The van der Waals surface area contributed by atoms with E-state index in [4.69, 9.17) is 11.6 Å². The molecule has 0 amide bonds. The van der Waals surface area contributed by atoms with Crippen molar-refractivity contribution < 1.29 is 4.39 Å². The number of benzene rings is 1. The van der Waals surface area contributed by atoms with E-state index >= 15 is 0 Å². The molecule has 0 fully saturated rings. The zero-order chi connectivity index (χ0) is 14.7. The number of nitrogens with one attached hydrogen (secondary N) is 1. The van der Waals surface area contributed by atoms with Gasteiger partial charge in [-0.1, -0.05) is 25.4 Å². The number of anilines is 1. The molecular weight excluding hydrogens is 277 g/mol. The third kappa shape index (κ3) is 3.25. The fourth-order valence-corrected chi connectivity index (χ4v) is 1.98. The molecule has 1 aromatic carbocycles. The summed E-state index contributed by atoms with van der Waals surface area (Å²) in [6.45, 7) is 6.92. The summed E-state index contributed by atoms with van der Waals surface area (Å²) in [6.07, 6.45) is 0. The molecule has 3 nitrogen and oxygen atoms in total. The van der Waals surface area contributed by atoms with E-state index in [1.165, 1.54) is 6.07 Å². The van der Waals surface area contributed by atoms with E-state index in [0.29, 0.717) is 11.4 Å². The minimum Gasteiger partial charge on any atom is -0.370 e. The Labute approximate surface area is 123 Å². The monoisotopic (exact) mass is 293 g/mol. The van der Waals surface area contributed by atoms with Crippen LogP contribution in [0.25, 0.3) is 11.4 Å². The van der Waals surface area contributed by atoms with Crippen LogP contribution in [-0.4, -0.2) is 16.5 Å². The summed E-state index contributed by atoms with van der Waals surface area (Å²) in [4.78, 5) is 8.97. The van der Waals surface area contributed by atoms with Crippen LogP contribution in [0.2, 0.25) is 5.02 Å². The lowest BCUT2D eigenvalue weighted by Gasteiger charge is -2.11. The van der Waals surface area contributed by atoms with E-state index in [2.05, 4.69) is 29.1 Å². The molecule has 5 heteroatoms. The van der Waals surface area contributed by atoms with Crippen LogP contribution in [0.4, 0.5) is 10.2 Å². The predicted octanol–water partition coefficient (Wildman–Crippen LogP) is 4.49. The second kappa shape index (κ2) is 6.18. The van der Waals surface area contributed by atoms with Crippen LogP contribution in [0, 0.1) is 5.82 Å². The van der Waals surface area contributed by atoms with Crippen molar-refractivity contribution in [2.24, 2.45) is 0 Å². The van der Waals surface area contributed by atoms with Gasteiger partial charge in [0.15, 0.2) is 5.82 Å². The van der Waals surface area contributed by atoms with E-state index in [9.17, 15) is 4.39 Å². The number of rotatable bonds is 4. The highest BCUT2D eigenvalue weighted by molar-refractivity contribution is 6.31. The SMILES string of the molecule is CCNc1cc(C(C)C)nc(-c2ccc(F)c(Cl)c2)n1. The van der Waals surface area contributed by atoms with Gasteiger partial charge in [0, 0.05) is 23.9 Å². The van der Waals surface area contributed by atoms with E-state index in [1.54, 1.807) is 12.1 Å². The quantitative estimate of drug-likeness (QED) is 0.902. The smallest absolute Gasteiger partial charge is 0.161 e. The zero-order valence-electron chi connectivity index (χ0n) is 11.7. The lowest BCUT2D eigenvalue weighted by atomic mass is 10.1. The Morgan fingerprint density at radius 3 is 2.60 bits per heavy atom. The van der Waals surface area contributed by atoms with E-state index in [0.717, 1.165) is 18.1 Å². The molecule has 0 atom stereocenters. The standard InChI is InChI=1S/C15H17ClFN3/c1-4-18-14-8-13(9(2)3)19-15(20-14)10-5-6-12(17)11(16)7-10/h5-9H,4H2,1-3H3,(H,18,19,20). The number of halogens is 2. The first-order chi connectivity index (χ1) is 9.51. The molecule has 0 radical (unpaired) electrons. The zero-order valence-corrected chi connectivity index (χ0v) is 12.5. The molecule has 106 valence electrons. The summed E-state index contributed by atoms with van der Waals surface area (Å²) in [6, 6.07) is 6.45. The molecule has 0 bridgehead atoms. The second-order valence-corrected chi connectivity index (χ2v) is 5.22. The third-order valence-electron chi connectivity index (χ3n) is 2.87. The highest BCUT2D eigenvalue weighted by Gasteiger charge is 2.11. The average Bonchev–Trinajstić information content (AvgIpc) is 2.42. The normalized spacial score (nSPS) is 10.9. The van der Waals surface area contributed by atoms with Crippen LogP contribution < -0.4 is 5.32 Å². The van der Waals surface area contributed by atoms with Crippen LogP contribution in [0.3, 0.4) is 0 Å². The van der Waals surface area contributed by atoms with Crippen molar-refractivity contribution in [1.29, 1.82) is 0 Å². The second-order valence-electron chi connectivity index (χ2n) is 4.82. The van der Waals surface area contributed by atoms with Gasteiger partial charge in [-0.3, -0.25) is 0 Å². The van der Waals surface area contributed by atoms with Gasteiger partial charge < -0.3 is 5.32 Å². The Morgan fingerprint density at radius 2 is 2.00 bits per heavy atom. The van der Waals surface area contributed by atoms with E-state index in [1.807, 2.05) is 13.0 Å². The Bertz CT molecular complexity index is 614. The van der Waals surface area contributed by atoms with Crippen LogP contribution in [0.15, 0.2) is 24.3 Å². The first-order valence-electron chi connectivity index (χ1n) is 6.59. The fourth-order valence-electron chi connectivity index (χ4n) is 1.80. The average molecular weight is 294 g/mol. The molecule has 1 N–H and O–H groups in total. The van der Waals surface area contributed by atoms with Crippen molar-refractivity contribution in [3.8, 4) is 11.4 Å². The van der Waals surface area contributed by atoms with Gasteiger partial charge in [-0.05, 0) is 31.0 Å². The highest BCUT2D eigenvalue weighted by atomic mass is 35.5. The van der Waals surface area contributed by atoms with Gasteiger partial charge in [0.1, 0.15) is 11.6 Å². The first-order valence-corrected chi connectivity index (χ1v) is 6.97. The maximum absolute atomic E-state index is 13.2. The molecule has 0 saturated carbocycles. The molecular formula is C15H17ClFN3. The predicted molar refractivity (Wildman–Crippen MR) is 80.7 cm³/mol. The molecule has 0 spiro atoms. The fraction of sp³-hybridized carbons (Fsp3) is 0.333. The Morgan fingerprint density at radius 1 is 1.25 bits per heavy atom. The molecule has 20 heavy (non-hydrogen) atoms. The lowest BCUT2D eigenvalue weighted by molar-refractivity contribution is 0.628. The summed E-state index contributed by atoms with van der Waals surface area (Å²) in [5.41, 5.74) is 1.64. The van der Waals surface area contributed by atoms with Crippen molar-refractivity contribution in [3.63, 3.8) is 0 Å². The Hall–Kier alpha value is -1.68. The van der Waals surface area contributed by atoms with Crippen molar-refractivity contribution in [2.75, 3.05) is 11.9 Å². The number of hydrogen-bond donors (Lipinski definition) is 1. The molecule has 0 saturated heterocycles. The Balaban J connectivity index is 2.51. The molecule has 2 aromatic rings. The topological polar surface area (TPSA) is 37.8 Å². The third-order valence-corrected chi connectivity index (χ3v) is 3.16. The summed E-state index contributed by atoms with van der Waals surface area (Å²) < 4.78 is 13.2. The van der Waals surface area contributed by atoms with E-state index < -0.39 is 5.82 Å². The van der Waals surface area contributed by atoms with Gasteiger partial charge in [0.25, 0.3) is 0 Å². The molecule has 0 unspecified atom stereocenters. The van der Waals surface area contributed by atoms with Crippen molar-refractivity contribution in [1.82, 2.24) is 9.97 Å². The van der Waals surface area contributed by atoms with Gasteiger partial charge in [-0.25, -0.2) is 14.4 Å². The molecule has 0 aliphatic carbocycles. The Kier molecular flexibility index (Phi) is 4.55. The van der Waals surface area contributed by atoms with Gasteiger partial charge in [0.2, 0.25) is 0 Å². The number of hydrogen-bond acceptors (Lipinski definition) is 3. The first kappa shape index (κ1) is 14.7. The summed E-state index contributed by atoms with van der Waals surface area (Å²) >= 11 is 5.82. The van der Waals surface area contributed by atoms with Gasteiger partial charge in [-0.15, -0.1) is 0 Å². The van der Waals surface area contributed by atoms with Gasteiger partial charge in [0.05, 0.1) is 5.02 Å². The minimum atomic E-state index is -0.442. The molecule has 0 aliphatic heterocycles. The maximum atomic E-state index is 13.2. The van der Waals surface area contributed by atoms with E-state index in [-0.39, 0.29) is 10.9 Å². The molecule has 1 heterocycles. The van der Waals surface area contributed by atoms with Crippen molar-refractivity contribution in [2.45, 2.75) is 26.7 Å². The van der Waals surface area contributed by atoms with Crippen LogP contribution in [0.5, 0.6) is 0 Å². The van der Waals surface area contributed by atoms with Crippen molar-refractivity contribution in [3.05, 3.63) is 40.8 Å². The number of aromatic nitrogens is 2. The largest absolute Gasteiger partial charge is 0.370 e. The lowest BCUT2D eigenvalue weighted by Crippen LogP contribution is -2.05. The van der Waals surface area contributed by atoms with Crippen molar-refractivity contribution >= 4 is 17.4 Å². The number of nitrogens with zero attached hydrogens (tertiary/aromatic N) is 2. The van der Waals surface area contributed by atoms with Crippen LogP contribution in [0.1, 0.15) is 32.4 Å².